The van der Waals surface area contributed by atoms with Crippen molar-refractivity contribution in [3.63, 3.8) is 0 Å². The second-order valence-corrected chi connectivity index (χ2v) is 8.58. The first-order valence-corrected chi connectivity index (χ1v) is 10.0. The molecule has 33 heavy (non-hydrogen) atoms. The van der Waals surface area contributed by atoms with Gasteiger partial charge in [-0.1, -0.05) is 36.9 Å². The Morgan fingerprint density at radius 3 is 2.15 bits per heavy atom. The Balaban J connectivity index is 2.48. The summed E-state index contributed by atoms with van der Waals surface area (Å²) >= 11 is 0. The smallest absolute Gasteiger partial charge is 0.414 e. The van der Waals surface area contributed by atoms with E-state index in [2.05, 4.69) is 11.6 Å². The van der Waals surface area contributed by atoms with Crippen LogP contribution in [0, 0.1) is 10.1 Å². The Labute approximate surface area is 189 Å². The molecule has 0 saturated heterocycles. The average Bonchev–Trinajstić information content (AvgIpc) is 2.71. The zero-order chi connectivity index (χ0) is 24.9. The van der Waals surface area contributed by atoms with Gasteiger partial charge in [-0.25, -0.2) is 4.79 Å². The summed E-state index contributed by atoms with van der Waals surface area (Å²) in [5.74, 6) is -0.935. The lowest BCUT2D eigenvalue weighted by atomic mass is 9.84. The molecule has 0 unspecified atom stereocenters. The number of carbonyl (C=O) groups excluding carboxylic acids is 1. The van der Waals surface area contributed by atoms with Crippen LogP contribution in [0.1, 0.15) is 38.3 Å². The fraction of sp³-hybridized carbons (Fsp3) is 0.333. The number of nitro groups is 1. The lowest BCUT2D eigenvalue weighted by Crippen LogP contribution is -2.46. The lowest BCUT2D eigenvalue weighted by Gasteiger charge is -2.33. The van der Waals surface area contributed by atoms with Crippen molar-refractivity contribution in [2.24, 2.45) is 4.99 Å². The standard InChI is InChI=1S/C24H25F3N2O4/c1-17(21(30)33-22(2,3)4)14-23(24(25,26)27,15-18-8-6-5-7-9-18)28-16-19-10-12-20(13-11-19)29(31)32/h5-13,16H,1,14-15H2,2-4H3/t23-/m0/s1. The summed E-state index contributed by atoms with van der Waals surface area (Å²) in [6.45, 7) is 8.35. The predicted molar refractivity (Wildman–Crippen MR) is 119 cm³/mol. The molecule has 176 valence electrons. The molecule has 0 fully saturated rings. The van der Waals surface area contributed by atoms with Gasteiger partial charge in [0.2, 0.25) is 0 Å². The summed E-state index contributed by atoms with van der Waals surface area (Å²) in [6.07, 6.45) is -5.19. The van der Waals surface area contributed by atoms with Crippen molar-refractivity contribution in [3.05, 3.63) is 88.0 Å². The minimum Gasteiger partial charge on any atom is -0.457 e. The molecule has 0 aliphatic rings. The Morgan fingerprint density at radius 2 is 1.67 bits per heavy atom. The minimum absolute atomic E-state index is 0.197. The molecule has 2 aromatic carbocycles. The van der Waals surface area contributed by atoms with Gasteiger partial charge in [0.15, 0.2) is 5.54 Å². The molecule has 6 nitrogen and oxygen atoms in total. The maximum Gasteiger partial charge on any atom is 0.414 e. The van der Waals surface area contributed by atoms with Crippen LogP contribution in [0.5, 0.6) is 0 Å². The number of nitro benzene ring substituents is 1. The Bertz CT molecular complexity index is 1030. The number of ether oxygens (including phenoxy) is 1. The maximum atomic E-state index is 14.5. The van der Waals surface area contributed by atoms with Crippen LogP contribution >= 0.6 is 0 Å². The number of rotatable bonds is 8. The first-order chi connectivity index (χ1) is 15.2. The van der Waals surface area contributed by atoms with Crippen molar-refractivity contribution in [1.29, 1.82) is 0 Å². The summed E-state index contributed by atoms with van der Waals surface area (Å²) in [5.41, 5.74) is -3.55. The van der Waals surface area contributed by atoms with Gasteiger partial charge in [0.25, 0.3) is 5.69 Å². The van der Waals surface area contributed by atoms with Crippen LogP contribution in [-0.4, -0.2) is 34.4 Å². The quantitative estimate of drug-likeness (QED) is 0.162. The van der Waals surface area contributed by atoms with Crippen molar-refractivity contribution in [3.8, 4) is 0 Å². The molecule has 9 heteroatoms. The van der Waals surface area contributed by atoms with E-state index < -0.39 is 41.1 Å². The highest BCUT2D eigenvalue weighted by Crippen LogP contribution is 2.41. The van der Waals surface area contributed by atoms with Crippen molar-refractivity contribution < 1.29 is 27.6 Å². The van der Waals surface area contributed by atoms with E-state index in [4.69, 9.17) is 4.74 Å². The maximum absolute atomic E-state index is 14.5. The van der Waals surface area contributed by atoms with Gasteiger partial charge in [-0.2, -0.15) is 13.2 Å². The topological polar surface area (TPSA) is 81.8 Å². The molecule has 2 rings (SSSR count). The SMILES string of the molecule is C=C(C[C@@](Cc1ccccc1)(N=Cc1ccc([N+](=O)[O-])cc1)C(F)(F)F)C(=O)OC(C)(C)C. The second kappa shape index (κ2) is 9.97. The van der Waals surface area contributed by atoms with E-state index in [0.29, 0.717) is 5.56 Å². The summed E-state index contributed by atoms with van der Waals surface area (Å²) in [7, 11) is 0. The number of aliphatic imine (C=N–C) groups is 1. The molecule has 2 aromatic rings. The largest absolute Gasteiger partial charge is 0.457 e. The Morgan fingerprint density at radius 1 is 1.09 bits per heavy atom. The molecule has 0 bridgehead atoms. The number of hydrogen-bond donors (Lipinski definition) is 0. The third kappa shape index (κ3) is 7.27. The molecule has 0 aliphatic heterocycles. The fourth-order valence-corrected chi connectivity index (χ4v) is 3.02. The minimum atomic E-state index is -4.84. The van der Waals surface area contributed by atoms with E-state index in [-0.39, 0.29) is 16.8 Å². The van der Waals surface area contributed by atoms with Crippen LogP contribution in [0.4, 0.5) is 18.9 Å². The normalized spacial score (nSPS) is 14.0. The molecule has 0 radical (unpaired) electrons. The molecule has 0 heterocycles. The molecule has 0 amide bonds. The highest BCUT2D eigenvalue weighted by molar-refractivity contribution is 5.88. The summed E-state index contributed by atoms with van der Waals surface area (Å²) < 4.78 is 48.7. The molecular formula is C24H25F3N2O4. The van der Waals surface area contributed by atoms with Crippen LogP contribution in [0.25, 0.3) is 0 Å². The fourth-order valence-electron chi connectivity index (χ4n) is 3.02. The van der Waals surface area contributed by atoms with Crippen molar-refractivity contribution in [2.45, 2.75) is 50.9 Å². The van der Waals surface area contributed by atoms with E-state index in [1.807, 2.05) is 0 Å². The first-order valence-electron chi connectivity index (χ1n) is 10.0. The van der Waals surface area contributed by atoms with Gasteiger partial charge in [0.1, 0.15) is 5.60 Å². The third-order valence-corrected chi connectivity index (χ3v) is 4.63. The molecule has 0 aliphatic carbocycles. The first kappa shape index (κ1) is 25.8. The second-order valence-electron chi connectivity index (χ2n) is 8.58. The van der Waals surface area contributed by atoms with Crippen molar-refractivity contribution in [1.82, 2.24) is 0 Å². The van der Waals surface area contributed by atoms with Gasteiger partial charge >= 0.3 is 12.1 Å². The number of halogens is 3. The number of non-ortho nitro benzene ring substituents is 1. The molecule has 0 N–H and O–H groups in total. The van der Waals surface area contributed by atoms with Crippen molar-refractivity contribution in [2.75, 3.05) is 0 Å². The van der Waals surface area contributed by atoms with Crippen LogP contribution < -0.4 is 0 Å². The molecular weight excluding hydrogens is 437 g/mol. The molecule has 0 saturated carbocycles. The van der Waals surface area contributed by atoms with Crippen LogP contribution in [0.15, 0.2) is 71.7 Å². The monoisotopic (exact) mass is 462 g/mol. The zero-order valence-electron chi connectivity index (χ0n) is 18.6. The lowest BCUT2D eigenvalue weighted by molar-refractivity contribution is -0.384. The summed E-state index contributed by atoms with van der Waals surface area (Å²) in [4.78, 5) is 26.5. The molecule has 0 aromatic heterocycles. The average molecular weight is 462 g/mol. The van der Waals surface area contributed by atoms with Gasteiger partial charge in [0.05, 0.1) is 4.92 Å². The van der Waals surface area contributed by atoms with Gasteiger partial charge in [0, 0.05) is 36.8 Å². The number of nitrogens with zero attached hydrogens (tertiary/aromatic N) is 2. The highest BCUT2D eigenvalue weighted by Gasteiger charge is 2.55. The van der Waals surface area contributed by atoms with E-state index in [1.54, 1.807) is 39.0 Å². The van der Waals surface area contributed by atoms with Crippen LogP contribution in [0.3, 0.4) is 0 Å². The van der Waals surface area contributed by atoms with Gasteiger partial charge < -0.3 is 4.74 Å². The summed E-state index contributed by atoms with van der Waals surface area (Å²) in [6, 6.07) is 12.9. The van der Waals surface area contributed by atoms with E-state index in [9.17, 15) is 28.1 Å². The third-order valence-electron chi connectivity index (χ3n) is 4.63. The molecule has 0 spiro atoms. The number of carbonyl (C=O) groups is 1. The highest BCUT2D eigenvalue weighted by atomic mass is 19.4. The van der Waals surface area contributed by atoms with Gasteiger partial charge in [-0.3, -0.25) is 15.1 Å². The van der Waals surface area contributed by atoms with Gasteiger partial charge in [-0.05, 0) is 44.0 Å². The van der Waals surface area contributed by atoms with E-state index in [1.165, 1.54) is 36.4 Å². The number of hydrogen-bond acceptors (Lipinski definition) is 5. The number of benzene rings is 2. The number of alkyl halides is 3. The van der Waals surface area contributed by atoms with E-state index in [0.717, 1.165) is 6.21 Å². The number of esters is 1. The zero-order valence-corrected chi connectivity index (χ0v) is 18.6. The predicted octanol–water partition coefficient (Wildman–Crippen LogP) is 5.85. The van der Waals surface area contributed by atoms with Gasteiger partial charge in [-0.15, -0.1) is 0 Å². The Hall–Kier alpha value is -3.49. The van der Waals surface area contributed by atoms with Crippen LogP contribution in [0.2, 0.25) is 0 Å². The summed E-state index contributed by atoms with van der Waals surface area (Å²) in [5, 5.41) is 10.8. The molecule has 1 atom stereocenters. The Kier molecular flexibility index (Phi) is 7.79. The van der Waals surface area contributed by atoms with E-state index >= 15 is 0 Å². The van der Waals surface area contributed by atoms with Crippen LogP contribution in [-0.2, 0) is 16.0 Å². The van der Waals surface area contributed by atoms with Crippen molar-refractivity contribution >= 4 is 17.9 Å².